The first-order valence-corrected chi connectivity index (χ1v) is 12.4. The molecule has 0 fully saturated rings. The third kappa shape index (κ3) is 7.42. The third-order valence-corrected chi connectivity index (χ3v) is 5.84. The summed E-state index contributed by atoms with van der Waals surface area (Å²) in [7, 11) is 3.12. The molecule has 0 spiro atoms. The maximum Gasteiger partial charge on any atom is 0.322 e. The zero-order chi connectivity index (χ0) is 27.6. The highest BCUT2D eigenvalue weighted by Gasteiger charge is 2.20. The van der Waals surface area contributed by atoms with E-state index in [2.05, 4.69) is 15.7 Å². The summed E-state index contributed by atoms with van der Waals surface area (Å²) in [6.07, 6.45) is 0.543. The molecular weight excluding hydrogens is 501 g/mol. The van der Waals surface area contributed by atoms with Gasteiger partial charge in [-0.1, -0.05) is 36.4 Å². The molecule has 0 unspecified atom stereocenters. The minimum atomic E-state index is -0.438. The van der Waals surface area contributed by atoms with Gasteiger partial charge in [0, 0.05) is 43.6 Å². The number of hydrogen-bond acceptors (Lipinski definition) is 5. The smallest absolute Gasteiger partial charge is 0.322 e. The Morgan fingerprint density at radius 3 is 2.44 bits per heavy atom. The molecule has 1 heterocycles. The Balaban J connectivity index is 1.54. The lowest BCUT2D eigenvalue weighted by atomic mass is 10.1. The maximum absolute atomic E-state index is 13.6. The van der Waals surface area contributed by atoms with Crippen LogP contribution >= 0.6 is 0 Å². The minimum absolute atomic E-state index is 0.214. The Kier molecular flexibility index (Phi) is 9.25. The molecule has 1 aromatic heterocycles. The number of amides is 3. The zero-order valence-electron chi connectivity index (χ0n) is 21.8. The Hall–Kier alpha value is -4.70. The molecule has 0 saturated carbocycles. The summed E-state index contributed by atoms with van der Waals surface area (Å²) in [6.45, 7) is 0.515. The molecule has 0 bridgehead atoms. The van der Waals surface area contributed by atoms with Gasteiger partial charge >= 0.3 is 6.03 Å². The number of aromatic nitrogens is 2. The van der Waals surface area contributed by atoms with Crippen LogP contribution in [-0.2, 0) is 9.53 Å². The van der Waals surface area contributed by atoms with Gasteiger partial charge in [0.15, 0.2) is 0 Å². The Morgan fingerprint density at radius 1 is 0.949 bits per heavy atom. The molecule has 0 aliphatic heterocycles. The van der Waals surface area contributed by atoms with Crippen LogP contribution in [0.25, 0.3) is 16.9 Å². The van der Waals surface area contributed by atoms with E-state index in [1.807, 2.05) is 30.3 Å². The van der Waals surface area contributed by atoms with E-state index < -0.39 is 11.9 Å². The lowest BCUT2D eigenvalue weighted by Gasteiger charge is -2.23. The number of urea groups is 1. The van der Waals surface area contributed by atoms with E-state index in [4.69, 9.17) is 9.47 Å². The number of nitrogens with zero attached hydrogens (tertiary/aromatic N) is 3. The monoisotopic (exact) mass is 531 g/mol. The Bertz CT molecular complexity index is 1390. The number of carbonyl (C=O) groups excluding carboxylic acids is 2. The maximum atomic E-state index is 13.6. The van der Waals surface area contributed by atoms with E-state index in [1.54, 1.807) is 56.7 Å². The highest BCUT2D eigenvalue weighted by molar-refractivity contribution is 5.97. The van der Waals surface area contributed by atoms with Gasteiger partial charge in [-0.2, -0.15) is 5.10 Å². The number of anilines is 2. The van der Waals surface area contributed by atoms with Crippen molar-refractivity contribution in [2.24, 2.45) is 0 Å². The van der Waals surface area contributed by atoms with Crippen molar-refractivity contribution >= 4 is 23.4 Å². The zero-order valence-corrected chi connectivity index (χ0v) is 21.8. The summed E-state index contributed by atoms with van der Waals surface area (Å²) < 4.78 is 25.4. The first-order chi connectivity index (χ1) is 19.0. The molecule has 0 saturated heterocycles. The second-order valence-corrected chi connectivity index (χ2v) is 8.65. The number of halogens is 1. The summed E-state index contributed by atoms with van der Waals surface area (Å²) in [4.78, 5) is 27.7. The van der Waals surface area contributed by atoms with Gasteiger partial charge in [-0.15, -0.1) is 0 Å². The van der Waals surface area contributed by atoms with Gasteiger partial charge in [-0.25, -0.2) is 13.9 Å². The molecule has 0 radical (unpaired) electrons. The van der Waals surface area contributed by atoms with Crippen LogP contribution in [0.5, 0.6) is 5.75 Å². The summed E-state index contributed by atoms with van der Waals surface area (Å²) in [5.74, 6) is 0.180. The van der Waals surface area contributed by atoms with Gasteiger partial charge in [0.25, 0.3) is 0 Å². The second kappa shape index (κ2) is 13.2. The van der Waals surface area contributed by atoms with Crippen LogP contribution in [0.4, 0.5) is 20.7 Å². The summed E-state index contributed by atoms with van der Waals surface area (Å²) in [5, 5.41) is 10.3. The molecule has 39 heavy (non-hydrogen) atoms. The van der Waals surface area contributed by atoms with E-state index >= 15 is 0 Å². The molecule has 0 aliphatic carbocycles. The quantitative estimate of drug-likeness (QED) is 0.260. The van der Waals surface area contributed by atoms with Gasteiger partial charge in [0.05, 0.1) is 18.5 Å². The molecule has 9 nitrogen and oxygen atoms in total. The molecule has 4 rings (SSSR count). The van der Waals surface area contributed by atoms with Crippen molar-refractivity contribution in [3.05, 3.63) is 90.7 Å². The standard InChI is InChI=1S/C29H30FN5O4/c1-38-17-7-16-34(29(37)31-23-10-6-11-25(18-23)39-2)20-28(36)32-27-19-26(21-8-4-3-5-9-21)33-35(27)24-14-12-22(30)13-15-24/h3-6,8-15,18-19H,7,16-17,20H2,1-2H3,(H,31,37)(H,32,36). The predicted molar refractivity (Wildman–Crippen MR) is 148 cm³/mol. The van der Waals surface area contributed by atoms with Crippen LogP contribution in [-0.4, -0.2) is 60.5 Å². The fourth-order valence-corrected chi connectivity index (χ4v) is 3.91. The van der Waals surface area contributed by atoms with Crippen LogP contribution in [0.1, 0.15) is 6.42 Å². The Morgan fingerprint density at radius 2 is 1.72 bits per heavy atom. The molecule has 0 aliphatic rings. The summed E-state index contributed by atoms with van der Waals surface area (Å²) in [5.41, 5.74) is 2.59. The van der Waals surface area contributed by atoms with Crippen molar-refractivity contribution in [2.45, 2.75) is 6.42 Å². The van der Waals surface area contributed by atoms with Crippen LogP contribution in [0.3, 0.4) is 0 Å². The van der Waals surface area contributed by atoms with Crippen LogP contribution < -0.4 is 15.4 Å². The first kappa shape index (κ1) is 27.3. The van der Waals surface area contributed by atoms with Crippen molar-refractivity contribution in [3.8, 4) is 22.7 Å². The highest BCUT2D eigenvalue weighted by Crippen LogP contribution is 2.25. The minimum Gasteiger partial charge on any atom is -0.497 e. The molecule has 2 N–H and O–H groups in total. The number of carbonyl (C=O) groups is 2. The highest BCUT2D eigenvalue weighted by atomic mass is 19.1. The number of rotatable bonds is 11. The van der Waals surface area contributed by atoms with E-state index in [1.165, 1.54) is 21.7 Å². The predicted octanol–water partition coefficient (Wildman–Crippen LogP) is 5.20. The van der Waals surface area contributed by atoms with E-state index in [0.717, 1.165) is 5.56 Å². The van der Waals surface area contributed by atoms with Gasteiger partial charge in [-0.05, 0) is 42.8 Å². The van der Waals surface area contributed by atoms with Gasteiger partial charge < -0.3 is 25.0 Å². The average Bonchev–Trinajstić information content (AvgIpc) is 3.37. The van der Waals surface area contributed by atoms with E-state index in [9.17, 15) is 14.0 Å². The number of benzene rings is 3. The second-order valence-electron chi connectivity index (χ2n) is 8.65. The van der Waals surface area contributed by atoms with Crippen molar-refractivity contribution in [1.29, 1.82) is 0 Å². The van der Waals surface area contributed by atoms with Crippen molar-refractivity contribution in [2.75, 3.05) is 44.5 Å². The first-order valence-electron chi connectivity index (χ1n) is 12.4. The third-order valence-electron chi connectivity index (χ3n) is 5.84. The lowest BCUT2D eigenvalue weighted by Crippen LogP contribution is -2.41. The van der Waals surface area contributed by atoms with Gasteiger partial charge in [-0.3, -0.25) is 4.79 Å². The molecule has 0 atom stereocenters. The number of nitrogens with one attached hydrogen (secondary N) is 2. The molecule has 3 aromatic carbocycles. The van der Waals surface area contributed by atoms with Crippen molar-refractivity contribution in [1.82, 2.24) is 14.7 Å². The van der Waals surface area contributed by atoms with Crippen molar-refractivity contribution < 1.29 is 23.5 Å². The van der Waals surface area contributed by atoms with Gasteiger partial charge in [0.1, 0.15) is 23.9 Å². The number of ether oxygens (including phenoxy) is 2. The average molecular weight is 532 g/mol. The number of hydrogen-bond donors (Lipinski definition) is 2. The van der Waals surface area contributed by atoms with E-state index in [0.29, 0.717) is 48.2 Å². The van der Waals surface area contributed by atoms with Crippen LogP contribution in [0.2, 0.25) is 0 Å². The molecule has 3 amide bonds. The Labute approximate surface area is 226 Å². The summed E-state index contributed by atoms with van der Waals surface area (Å²) in [6, 6.07) is 23.6. The lowest BCUT2D eigenvalue weighted by molar-refractivity contribution is -0.116. The SMILES string of the molecule is COCCCN(CC(=O)Nc1cc(-c2ccccc2)nn1-c1ccc(F)cc1)C(=O)Nc1cccc(OC)c1. The molecule has 10 heteroatoms. The fraction of sp³-hybridized carbons (Fsp3) is 0.207. The fourth-order valence-electron chi connectivity index (χ4n) is 3.91. The number of methoxy groups -OCH3 is 2. The normalized spacial score (nSPS) is 10.6. The molecule has 4 aromatic rings. The summed E-state index contributed by atoms with van der Waals surface area (Å²) >= 11 is 0. The molecular formula is C29H30FN5O4. The van der Waals surface area contributed by atoms with Crippen LogP contribution in [0, 0.1) is 5.82 Å². The topological polar surface area (TPSA) is 97.7 Å². The van der Waals surface area contributed by atoms with E-state index in [-0.39, 0.29) is 12.4 Å². The largest absolute Gasteiger partial charge is 0.497 e. The van der Waals surface area contributed by atoms with Crippen LogP contribution in [0.15, 0.2) is 84.9 Å². The van der Waals surface area contributed by atoms with Crippen molar-refractivity contribution in [3.63, 3.8) is 0 Å². The van der Waals surface area contributed by atoms with Gasteiger partial charge in [0.2, 0.25) is 5.91 Å². The molecule has 202 valence electrons.